The van der Waals surface area contributed by atoms with Crippen LogP contribution in [0.5, 0.6) is 0 Å². The van der Waals surface area contributed by atoms with Gasteiger partial charge in [-0.3, -0.25) is 4.79 Å². The molecule has 1 aromatic carbocycles. The molecule has 0 aliphatic rings. The van der Waals surface area contributed by atoms with E-state index in [1.54, 1.807) is 0 Å². The zero-order valence-electron chi connectivity index (χ0n) is 12.9. The average Bonchev–Trinajstić information content (AvgIpc) is 2.50. The number of carbonyl (C=O) groups excluding carboxylic acids is 1. The Kier molecular flexibility index (Phi) is 7.73. The van der Waals surface area contributed by atoms with Gasteiger partial charge in [-0.15, -0.1) is 0 Å². The van der Waals surface area contributed by atoms with Crippen molar-refractivity contribution in [3.05, 3.63) is 30.3 Å². The second kappa shape index (κ2) is 9.37. The molecule has 112 valence electrons. The summed E-state index contributed by atoms with van der Waals surface area (Å²) in [5.41, 5.74) is 1.09. The molecule has 0 atom stereocenters. The minimum absolute atomic E-state index is 0.0860. The molecule has 1 amide bonds. The maximum absolute atomic E-state index is 12.0. The van der Waals surface area contributed by atoms with E-state index in [-0.39, 0.29) is 5.91 Å². The first-order valence-electron chi connectivity index (χ1n) is 7.50. The summed E-state index contributed by atoms with van der Waals surface area (Å²) in [7, 11) is 0. The molecule has 0 aliphatic heterocycles. The second-order valence-electron chi connectivity index (χ2n) is 4.73. The van der Waals surface area contributed by atoms with Gasteiger partial charge in [0.2, 0.25) is 5.91 Å². The molecule has 0 heterocycles. The number of nitrogens with one attached hydrogen (secondary N) is 1. The third-order valence-electron chi connectivity index (χ3n) is 3.48. The van der Waals surface area contributed by atoms with Crippen LogP contribution in [0.2, 0.25) is 0 Å². The fourth-order valence-corrected chi connectivity index (χ4v) is 2.15. The summed E-state index contributed by atoms with van der Waals surface area (Å²) >= 11 is 0. The highest BCUT2D eigenvalue weighted by molar-refractivity contribution is 5.81. The second-order valence-corrected chi connectivity index (χ2v) is 4.73. The number of para-hydroxylation sites is 1. The van der Waals surface area contributed by atoms with E-state index in [1.807, 2.05) is 30.3 Å². The topological polar surface area (TPSA) is 35.6 Å². The Morgan fingerprint density at radius 2 is 1.70 bits per heavy atom. The van der Waals surface area contributed by atoms with Crippen molar-refractivity contribution in [1.29, 1.82) is 0 Å². The average molecular weight is 277 g/mol. The van der Waals surface area contributed by atoms with E-state index in [2.05, 4.69) is 35.9 Å². The molecule has 0 saturated heterocycles. The van der Waals surface area contributed by atoms with Crippen LogP contribution in [-0.4, -0.2) is 50.1 Å². The highest BCUT2D eigenvalue weighted by Crippen LogP contribution is 2.11. The van der Waals surface area contributed by atoms with Gasteiger partial charge in [-0.05, 0) is 32.1 Å². The van der Waals surface area contributed by atoms with Crippen LogP contribution in [0, 0.1) is 0 Å². The lowest BCUT2D eigenvalue weighted by atomic mass is 10.3. The maximum atomic E-state index is 12.0. The van der Waals surface area contributed by atoms with Gasteiger partial charge in [0, 0.05) is 25.3 Å². The first-order valence-corrected chi connectivity index (χ1v) is 7.50. The third kappa shape index (κ3) is 5.61. The predicted molar refractivity (Wildman–Crippen MR) is 85.1 cm³/mol. The fourth-order valence-electron chi connectivity index (χ4n) is 2.15. The van der Waals surface area contributed by atoms with E-state index in [4.69, 9.17) is 0 Å². The highest BCUT2D eigenvalue weighted by Gasteiger charge is 2.09. The molecular formula is C16H27N3O. The Labute approximate surface area is 122 Å². The normalized spacial score (nSPS) is 10.6. The van der Waals surface area contributed by atoms with E-state index < -0.39 is 0 Å². The summed E-state index contributed by atoms with van der Waals surface area (Å²) in [6, 6.07) is 10.0. The highest BCUT2D eigenvalue weighted by atomic mass is 16.2. The van der Waals surface area contributed by atoms with Crippen molar-refractivity contribution < 1.29 is 4.79 Å². The number of benzene rings is 1. The monoisotopic (exact) mass is 277 g/mol. The number of amides is 1. The minimum atomic E-state index is 0.0860. The van der Waals surface area contributed by atoms with Crippen molar-refractivity contribution in [3.8, 4) is 0 Å². The lowest BCUT2D eigenvalue weighted by Gasteiger charge is -2.23. The Hall–Kier alpha value is -1.55. The van der Waals surface area contributed by atoms with Gasteiger partial charge in [-0.1, -0.05) is 32.0 Å². The molecule has 0 aliphatic carbocycles. The molecule has 4 heteroatoms. The number of anilines is 1. The Morgan fingerprint density at radius 3 is 2.25 bits per heavy atom. The molecule has 0 radical (unpaired) electrons. The van der Waals surface area contributed by atoms with Gasteiger partial charge in [0.25, 0.3) is 0 Å². The van der Waals surface area contributed by atoms with E-state index in [1.165, 1.54) is 0 Å². The summed E-state index contributed by atoms with van der Waals surface area (Å²) in [5.74, 6) is 0.0860. The number of carbonyl (C=O) groups is 1. The largest absolute Gasteiger partial charge is 0.363 e. The fraction of sp³-hybridized carbons (Fsp3) is 0.562. The quantitative estimate of drug-likeness (QED) is 0.749. The van der Waals surface area contributed by atoms with E-state index in [0.717, 1.165) is 31.9 Å². The molecule has 0 fully saturated rings. The molecular weight excluding hydrogens is 250 g/mol. The van der Waals surface area contributed by atoms with Gasteiger partial charge in [-0.25, -0.2) is 0 Å². The van der Waals surface area contributed by atoms with Crippen LogP contribution in [0.1, 0.15) is 20.8 Å². The molecule has 0 aromatic heterocycles. The van der Waals surface area contributed by atoms with Crippen LogP contribution in [0.25, 0.3) is 0 Å². The minimum Gasteiger partial charge on any atom is -0.363 e. The van der Waals surface area contributed by atoms with Crippen molar-refractivity contribution in [2.75, 3.05) is 44.2 Å². The summed E-state index contributed by atoms with van der Waals surface area (Å²) in [6.45, 7) is 11.3. The SMILES string of the molecule is CCN(CC)CCNC(=O)CN(CC)c1ccccc1. The summed E-state index contributed by atoms with van der Waals surface area (Å²) in [6.07, 6.45) is 0. The molecule has 1 rings (SSSR count). The third-order valence-corrected chi connectivity index (χ3v) is 3.48. The first-order chi connectivity index (χ1) is 9.71. The van der Waals surface area contributed by atoms with Crippen molar-refractivity contribution in [2.24, 2.45) is 0 Å². The Bertz CT molecular complexity index is 377. The van der Waals surface area contributed by atoms with Crippen LogP contribution in [-0.2, 0) is 4.79 Å². The van der Waals surface area contributed by atoms with Gasteiger partial charge in [-0.2, -0.15) is 0 Å². The Morgan fingerprint density at radius 1 is 1.05 bits per heavy atom. The molecule has 1 aromatic rings. The number of likely N-dealkylation sites (N-methyl/N-ethyl adjacent to an activating group) is 2. The molecule has 4 nitrogen and oxygen atoms in total. The zero-order valence-corrected chi connectivity index (χ0v) is 12.9. The van der Waals surface area contributed by atoms with Gasteiger partial charge >= 0.3 is 0 Å². The molecule has 0 bridgehead atoms. The number of hydrogen-bond donors (Lipinski definition) is 1. The van der Waals surface area contributed by atoms with Gasteiger partial charge < -0.3 is 15.1 Å². The van der Waals surface area contributed by atoms with Crippen LogP contribution in [0.3, 0.4) is 0 Å². The summed E-state index contributed by atoms with van der Waals surface area (Å²) < 4.78 is 0. The number of hydrogen-bond acceptors (Lipinski definition) is 3. The van der Waals surface area contributed by atoms with Crippen molar-refractivity contribution in [3.63, 3.8) is 0 Å². The maximum Gasteiger partial charge on any atom is 0.239 e. The summed E-state index contributed by atoms with van der Waals surface area (Å²) in [5, 5.41) is 2.99. The summed E-state index contributed by atoms with van der Waals surface area (Å²) in [4.78, 5) is 16.3. The van der Waals surface area contributed by atoms with E-state index >= 15 is 0 Å². The van der Waals surface area contributed by atoms with Crippen molar-refractivity contribution in [2.45, 2.75) is 20.8 Å². The van der Waals surface area contributed by atoms with Crippen molar-refractivity contribution in [1.82, 2.24) is 10.2 Å². The molecule has 0 saturated carbocycles. The predicted octanol–water partition coefficient (Wildman–Crippen LogP) is 1.97. The van der Waals surface area contributed by atoms with Gasteiger partial charge in [0.1, 0.15) is 0 Å². The van der Waals surface area contributed by atoms with E-state index in [0.29, 0.717) is 13.1 Å². The van der Waals surface area contributed by atoms with Crippen molar-refractivity contribution >= 4 is 11.6 Å². The lowest BCUT2D eigenvalue weighted by molar-refractivity contribution is -0.119. The Balaban J connectivity index is 2.37. The van der Waals surface area contributed by atoms with E-state index in [9.17, 15) is 4.79 Å². The molecule has 1 N–H and O–H groups in total. The molecule has 0 unspecified atom stereocenters. The van der Waals surface area contributed by atoms with Crippen LogP contribution in [0.15, 0.2) is 30.3 Å². The lowest BCUT2D eigenvalue weighted by Crippen LogP contribution is -2.40. The molecule has 20 heavy (non-hydrogen) atoms. The van der Waals surface area contributed by atoms with Crippen LogP contribution in [0.4, 0.5) is 5.69 Å². The van der Waals surface area contributed by atoms with Gasteiger partial charge in [0.15, 0.2) is 0 Å². The van der Waals surface area contributed by atoms with Gasteiger partial charge in [0.05, 0.1) is 6.54 Å². The zero-order chi connectivity index (χ0) is 14.8. The molecule has 0 spiro atoms. The smallest absolute Gasteiger partial charge is 0.239 e. The van der Waals surface area contributed by atoms with Crippen LogP contribution >= 0.6 is 0 Å². The number of nitrogens with zero attached hydrogens (tertiary/aromatic N) is 2. The first kappa shape index (κ1) is 16.5. The van der Waals surface area contributed by atoms with Crippen LogP contribution < -0.4 is 10.2 Å². The number of rotatable bonds is 9. The standard InChI is InChI=1S/C16H27N3O/c1-4-18(5-2)13-12-17-16(20)14-19(6-3)15-10-8-7-9-11-15/h7-11H,4-6,12-14H2,1-3H3,(H,17,20).